The molecule has 0 spiro atoms. The van der Waals surface area contributed by atoms with Gasteiger partial charge in [0.1, 0.15) is 5.75 Å². The third kappa shape index (κ3) is 4.48. The van der Waals surface area contributed by atoms with Crippen molar-refractivity contribution in [3.05, 3.63) is 71.8 Å². The predicted molar refractivity (Wildman–Crippen MR) is 98.9 cm³/mol. The molecule has 0 atom stereocenters. The Morgan fingerprint density at radius 3 is 2.50 bits per heavy atom. The van der Waals surface area contributed by atoms with Gasteiger partial charge in [-0.25, -0.2) is 0 Å². The van der Waals surface area contributed by atoms with Crippen molar-refractivity contribution in [1.29, 1.82) is 0 Å². The van der Waals surface area contributed by atoms with Crippen LogP contribution in [0.5, 0.6) is 5.75 Å². The number of hydrogen-bond donors (Lipinski definition) is 0. The Labute approximate surface area is 142 Å². The Kier molecular flexibility index (Phi) is 6.73. The first-order valence-electron chi connectivity index (χ1n) is 7.82. The smallest absolute Gasteiger partial charge is 0.127 e. The van der Waals surface area contributed by atoms with E-state index in [1.165, 1.54) is 18.4 Å². The Balaban J connectivity index is 2.17. The van der Waals surface area contributed by atoms with Crippen molar-refractivity contribution >= 4 is 21.5 Å². The van der Waals surface area contributed by atoms with Crippen molar-refractivity contribution in [2.24, 2.45) is 0 Å². The highest BCUT2D eigenvalue weighted by Gasteiger charge is 2.08. The summed E-state index contributed by atoms with van der Waals surface area (Å²) in [5.74, 6) is 0.891. The van der Waals surface area contributed by atoms with Crippen LogP contribution in [-0.4, -0.2) is 11.9 Å². The predicted octanol–water partition coefficient (Wildman–Crippen LogP) is 5.86. The van der Waals surface area contributed by atoms with Crippen molar-refractivity contribution in [1.82, 2.24) is 0 Å². The number of rotatable bonds is 8. The quantitative estimate of drug-likeness (QED) is 0.536. The largest absolute Gasteiger partial charge is 0.492 e. The maximum Gasteiger partial charge on any atom is 0.127 e. The van der Waals surface area contributed by atoms with Gasteiger partial charge in [0, 0.05) is 10.9 Å². The van der Waals surface area contributed by atoms with Gasteiger partial charge in [0.15, 0.2) is 0 Å². The highest BCUT2D eigenvalue weighted by atomic mass is 79.9. The van der Waals surface area contributed by atoms with Gasteiger partial charge in [-0.2, -0.15) is 0 Å². The van der Waals surface area contributed by atoms with Crippen molar-refractivity contribution in [3.63, 3.8) is 0 Å². The number of ether oxygens (including phenoxy) is 1. The molecule has 22 heavy (non-hydrogen) atoms. The molecule has 0 fully saturated rings. The van der Waals surface area contributed by atoms with Crippen LogP contribution in [0.2, 0.25) is 0 Å². The lowest BCUT2D eigenvalue weighted by atomic mass is 9.97. The van der Waals surface area contributed by atoms with Gasteiger partial charge in [-0.05, 0) is 35.6 Å². The highest BCUT2D eigenvalue weighted by Crippen LogP contribution is 2.30. The minimum Gasteiger partial charge on any atom is -0.492 e. The van der Waals surface area contributed by atoms with Gasteiger partial charge in [0.05, 0.1) is 6.61 Å². The summed E-state index contributed by atoms with van der Waals surface area (Å²) in [4.78, 5) is 0. The molecule has 2 heteroatoms. The topological polar surface area (TPSA) is 9.23 Å². The van der Waals surface area contributed by atoms with Gasteiger partial charge in [-0.3, -0.25) is 0 Å². The first-order valence-corrected chi connectivity index (χ1v) is 8.94. The van der Waals surface area contributed by atoms with Crippen LogP contribution in [0.4, 0.5) is 0 Å². The van der Waals surface area contributed by atoms with E-state index in [1.807, 2.05) is 18.2 Å². The SMILES string of the molecule is C=C(c1ccc(CCCC)cc1)c1ccccc1OCCBr. The molecular weight excluding hydrogens is 336 g/mol. The number of aryl methyl sites for hydroxylation is 1. The zero-order chi connectivity index (χ0) is 15.8. The molecule has 0 unspecified atom stereocenters. The van der Waals surface area contributed by atoms with E-state index in [2.05, 4.69) is 59.8 Å². The zero-order valence-corrected chi connectivity index (χ0v) is 14.7. The van der Waals surface area contributed by atoms with Crippen LogP contribution in [0.15, 0.2) is 55.1 Å². The second-order valence-corrected chi connectivity index (χ2v) is 6.11. The Morgan fingerprint density at radius 1 is 1.09 bits per heavy atom. The number of alkyl halides is 1. The molecule has 2 aromatic carbocycles. The molecule has 1 nitrogen and oxygen atoms in total. The van der Waals surface area contributed by atoms with E-state index >= 15 is 0 Å². The van der Waals surface area contributed by atoms with Crippen molar-refractivity contribution in [3.8, 4) is 5.75 Å². The normalized spacial score (nSPS) is 10.5. The minimum atomic E-state index is 0.653. The zero-order valence-electron chi connectivity index (χ0n) is 13.1. The summed E-state index contributed by atoms with van der Waals surface area (Å²) in [5, 5.41) is 0.819. The first kappa shape index (κ1) is 16.8. The second kappa shape index (κ2) is 8.79. The summed E-state index contributed by atoms with van der Waals surface area (Å²) in [7, 11) is 0. The Morgan fingerprint density at radius 2 is 1.82 bits per heavy atom. The molecule has 0 N–H and O–H groups in total. The monoisotopic (exact) mass is 358 g/mol. The molecule has 2 aromatic rings. The van der Waals surface area contributed by atoms with Gasteiger partial charge >= 0.3 is 0 Å². The minimum absolute atomic E-state index is 0.653. The summed E-state index contributed by atoms with van der Waals surface area (Å²) in [6, 6.07) is 16.8. The van der Waals surface area contributed by atoms with E-state index in [0.717, 1.165) is 34.2 Å². The summed E-state index contributed by atoms with van der Waals surface area (Å²) in [6.07, 6.45) is 3.62. The average molecular weight is 359 g/mol. The van der Waals surface area contributed by atoms with Crippen LogP contribution in [0, 0.1) is 0 Å². The van der Waals surface area contributed by atoms with Crippen LogP contribution in [-0.2, 0) is 6.42 Å². The van der Waals surface area contributed by atoms with Gasteiger partial charge in [0.25, 0.3) is 0 Å². The maximum atomic E-state index is 5.80. The molecule has 0 bridgehead atoms. The van der Waals surface area contributed by atoms with E-state index in [-0.39, 0.29) is 0 Å². The molecule has 0 saturated heterocycles. The molecule has 0 amide bonds. The third-order valence-electron chi connectivity index (χ3n) is 3.67. The summed E-state index contributed by atoms with van der Waals surface area (Å²) >= 11 is 3.39. The van der Waals surface area contributed by atoms with Gasteiger partial charge < -0.3 is 4.74 Å². The summed E-state index contributed by atoms with van der Waals surface area (Å²) < 4.78 is 5.80. The molecule has 0 aliphatic carbocycles. The molecular formula is C20H23BrO. The van der Waals surface area contributed by atoms with E-state index < -0.39 is 0 Å². The van der Waals surface area contributed by atoms with Crippen molar-refractivity contribution in [2.45, 2.75) is 26.2 Å². The fraction of sp³-hybridized carbons (Fsp3) is 0.300. The van der Waals surface area contributed by atoms with Crippen molar-refractivity contribution < 1.29 is 4.74 Å². The number of unbranched alkanes of at least 4 members (excludes halogenated alkanes) is 1. The van der Waals surface area contributed by atoms with E-state index in [9.17, 15) is 0 Å². The number of benzene rings is 2. The maximum absolute atomic E-state index is 5.80. The van der Waals surface area contributed by atoms with Gasteiger partial charge in [-0.15, -0.1) is 0 Å². The first-order chi connectivity index (χ1) is 10.8. The lowest BCUT2D eigenvalue weighted by Gasteiger charge is -2.13. The lowest BCUT2D eigenvalue weighted by molar-refractivity contribution is 0.344. The Bertz CT molecular complexity index is 601. The standard InChI is InChI=1S/C20H23BrO/c1-3-4-7-17-10-12-18(13-11-17)16(2)19-8-5-6-9-20(19)22-15-14-21/h5-6,8-13H,2-4,7,14-15H2,1H3. The molecule has 0 aromatic heterocycles. The fourth-order valence-corrected chi connectivity index (χ4v) is 2.56. The molecule has 2 rings (SSSR count). The second-order valence-electron chi connectivity index (χ2n) is 5.31. The molecule has 0 aliphatic rings. The molecule has 116 valence electrons. The summed E-state index contributed by atoms with van der Waals surface area (Å²) in [6.45, 7) is 7.14. The van der Waals surface area contributed by atoms with Crippen LogP contribution < -0.4 is 4.74 Å². The lowest BCUT2D eigenvalue weighted by Crippen LogP contribution is -2.00. The van der Waals surface area contributed by atoms with E-state index in [1.54, 1.807) is 0 Å². The molecule has 0 radical (unpaired) electrons. The number of hydrogen-bond acceptors (Lipinski definition) is 1. The van der Waals surface area contributed by atoms with E-state index in [4.69, 9.17) is 4.74 Å². The Hall–Kier alpha value is -1.54. The average Bonchev–Trinajstić information content (AvgIpc) is 2.58. The van der Waals surface area contributed by atoms with Gasteiger partial charge in [0.2, 0.25) is 0 Å². The van der Waals surface area contributed by atoms with Crippen LogP contribution in [0.25, 0.3) is 5.57 Å². The summed E-state index contributed by atoms with van der Waals surface area (Å²) in [5.41, 5.74) is 4.61. The fourth-order valence-electron chi connectivity index (χ4n) is 2.40. The highest BCUT2D eigenvalue weighted by molar-refractivity contribution is 9.09. The van der Waals surface area contributed by atoms with Gasteiger partial charge in [-0.1, -0.05) is 78.3 Å². The molecule has 0 aliphatic heterocycles. The number of halogens is 1. The van der Waals surface area contributed by atoms with Crippen LogP contribution >= 0.6 is 15.9 Å². The van der Waals surface area contributed by atoms with Crippen LogP contribution in [0.3, 0.4) is 0 Å². The van der Waals surface area contributed by atoms with Crippen LogP contribution in [0.1, 0.15) is 36.5 Å². The number of para-hydroxylation sites is 1. The van der Waals surface area contributed by atoms with Crippen molar-refractivity contribution in [2.75, 3.05) is 11.9 Å². The molecule has 0 heterocycles. The van der Waals surface area contributed by atoms with E-state index in [0.29, 0.717) is 6.61 Å². The third-order valence-corrected chi connectivity index (χ3v) is 3.99. The molecule has 0 saturated carbocycles.